The number of hydrogen-bond acceptors (Lipinski definition) is 8. The average molecular weight is 1090 g/mol. The van der Waals surface area contributed by atoms with Crippen molar-refractivity contribution in [2.45, 2.75) is 302 Å². The van der Waals surface area contributed by atoms with E-state index >= 15 is 0 Å². The van der Waals surface area contributed by atoms with Crippen LogP contribution in [0.5, 0.6) is 0 Å². The van der Waals surface area contributed by atoms with E-state index < -0.39 is 26.5 Å². The number of quaternary nitrogens is 1. The zero-order valence-electron chi connectivity index (χ0n) is 50.5. The van der Waals surface area contributed by atoms with Crippen LogP contribution in [0.3, 0.4) is 0 Å². The Kier molecular flexibility index (Phi) is 55.7. The lowest BCUT2D eigenvalue weighted by molar-refractivity contribution is -0.870. The third-order valence-corrected chi connectivity index (χ3v) is 15.0. The van der Waals surface area contributed by atoms with Gasteiger partial charge in [-0.3, -0.25) is 14.2 Å². The Labute approximate surface area is 470 Å². The first-order valence-corrected chi connectivity index (χ1v) is 33.5. The van der Waals surface area contributed by atoms with Gasteiger partial charge >= 0.3 is 11.9 Å². The van der Waals surface area contributed by atoms with Crippen LogP contribution in [0, 0.1) is 0 Å². The number of carbonyl (C=O) groups is 2. The first kappa shape index (κ1) is 73.7. The summed E-state index contributed by atoms with van der Waals surface area (Å²) >= 11 is 0. The molecule has 2 unspecified atom stereocenters. The van der Waals surface area contributed by atoms with Crippen LogP contribution in [-0.4, -0.2) is 70.0 Å². The van der Waals surface area contributed by atoms with Gasteiger partial charge in [0.05, 0.1) is 27.7 Å². The van der Waals surface area contributed by atoms with Gasteiger partial charge in [0, 0.05) is 12.8 Å². The molecule has 0 radical (unpaired) electrons. The highest BCUT2D eigenvalue weighted by molar-refractivity contribution is 7.45. The monoisotopic (exact) mass is 1090 g/mol. The minimum Gasteiger partial charge on any atom is -0.756 e. The van der Waals surface area contributed by atoms with Crippen LogP contribution in [0.1, 0.15) is 296 Å². The molecule has 0 fully saturated rings. The molecule has 0 aliphatic rings. The van der Waals surface area contributed by atoms with E-state index in [2.05, 4.69) is 74.6 Å². The van der Waals surface area contributed by atoms with E-state index in [1.54, 1.807) is 0 Å². The molecule has 0 rings (SSSR count). The predicted molar refractivity (Wildman–Crippen MR) is 323 cm³/mol. The maximum atomic E-state index is 12.8. The number of nitrogens with zero attached hydrogens (tertiary/aromatic N) is 1. The maximum absolute atomic E-state index is 12.8. The van der Waals surface area contributed by atoms with Crippen LogP contribution in [0.4, 0.5) is 0 Å². The van der Waals surface area contributed by atoms with E-state index in [1.165, 1.54) is 193 Å². The summed E-state index contributed by atoms with van der Waals surface area (Å²) in [5.41, 5.74) is 0. The van der Waals surface area contributed by atoms with Gasteiger partial charge in [-0.05, 0) is 77.0 Å². The molecule has 0 bridgehead atoms. The van der Waals surface area contributed by atoms with Crippen LogP contribution < -0.4 is 4.89 Å². The highest BCUT2D eigenvalue weighted by atomic mass is 31.2. The Hall–Kier alpha value is -2.29. The Morgan fingerprint density at radius 2 is 0.750 bits per heavy atom. The minimum atomic E-state index is -4.64. The molecular formula is C66H122NO8P. The topological polar surface area (TPSA) is 111 Å². The molecule has 9 nitrogen and oxygen atoms in total. The molecule has 0 saturated heterocycles. The maximum Gasteiger partial charge on any atom is 0.306 e. The van der Waals surface area contributed by atoms with Crippen molar-refractivity contribution in [3.05, 3.63) is 60.8 Å². The quantitative estimate of drug-likeness (QED) is 0.0195. The van der Waals surface area contributed by atoms with Crippen LogP contribution in [0.15, 0.2) is 60.8 Å². The standard InChI is InChI=1S/C66H122NO8P/c1-6-8-10-12-14-16-18-20-22-24-25-26-27-28-29-30-31-32-33-34-35-36-37-38-39-40-41-43-45-47-49-51-53-55-57-59-66(69)75-64(63-74-76(70,71)73-61-60-67(3,4)5)62-72-65(68)58-56-54-52-50-48-46-44-42-23-21-19-17-15-13-11-9-7-2/h8,10,14,16,20-23,25-26,64H,6-7,9,11-13,15,17-19,24,27-63H2,1-5H3/b10-8-,16-14-,22-20-,23-21-,26-25-. The molecule has 0 amide bonds. The summed E-state index contributed by atoms with van der Waals surface area (Å²) < 4.78 is 34.2. The van der Waals surface area contributed by atoms with Gasteiger partial charge in [-0.15, -0.1) is 0 Å². The summed E-state index contributed by atoms with van der Waals surface area (Å²) in [7, 11) is 1.17. The molecule has 0 saturated carbocycles. The second kappa shape index (κ2) is 57.4. The highest BCUT2D eigenvalue weighted by Gasteiger charge is 2.22. The lowest BCUT2D eigenvalue weighted by atomic mass is 10.0. The molecule has 2 atom stereocenters. The van der Waals surface area contributed by atoms with Crippen LogP contribution in [0.2, 0.25) is 0 Å². The molecular weight excluding hydrogens is 966 g/mol. The number of hydrogen-bond donors (Lipinski definition) is 0. The predicted octanol–water partition coefficient (Wildman–Crippen LogP) is 19.6. The molecule has 0 aliphatic heterocycles. The van der Waals surface area contributed by atoms with Crippen molar-refractivity contribution >= 4 is 19.8 Å². The van der Waals surface area contributed by atoms with E-state index in [0.29, 0.717) is 17.4 Å². The van der Waals surface area contributed by atoms with E-state index in [4.69, 9.17) is 18.5 Å². The fraction of sp³-hybridized carbons (Fsp3) is 0.818. The number of carbonyl (C=O) groups excluding carboxylic acids is 2. The number of allylic oxidation sites excluding steroid dienone is 10. The summed E-state index contributed by atoms with van der Waals surface area (Å²) in [6.45, 7) is 4.15. The molecule has 0 heterocycles. The van der Waals surface area contributed by atoms with Crippen molar-refractivity contribution in [3.63, 3.8) is 0 Å². The minimum absolute atomic E-state index is 0.0304. The largest absolute Gasteiger partial charge is 0.756 e. The molecule has 0 aromatic heterocycles. The normalized spacial score (nSPS) is 13.6. The Morgan fingerprint density at radius 1 is 0.421 bits per heavy atom. The molecule has 0 aromatic rings. The lowest BCUT2D eigenvalue weighted by Gasteiger charge is -2.28. The van der Waals surface area contributed by atoms with Gasteiger partial charge in [0.2, 0.25) is 0 Å². The van der Waals surface area contributed by atoms with Crippen LogP contribution in [0.25, 0.3) is 0 Å². The van der Waals surface area contributed by atoms with Crippen molar-refractivity contribution in [2.24, 2.45) is 0 Å². The number of ether oxygens (including phenoxy) is 2. The van der Waals surface area contributed by atoms with Gasteiger partial charge in [-0.1, -0.05) is 267 Å². The van der Waals surface area contributed by atoms with Gasteiger partial charge in [0.1, 0.15) is 19.8 Å². The van der Waals surface area contributed by atoms with Crippen molar-refractivity contribution in [2.75, 3.05) is 47.5 Å². The zero-order chi connectivity index (χ0) is 55.6. The second-order valence-electron chi connectivity index (χ2n) is 22.7. The smallest absolute Gasteiger partial charge is 0.306 e. The van der Waals surface area contributed by atoms with Gasteiger partial charge in [-0.25, -0.2) is 0 Å². The molecule has 0 spiro atoms. The van der Waals surface area contributed by atoms with E-state index in [1.807, 2.05) is 21.1 Å². The third kappa shape index (κ3) is 60.9. The highest BCUT2D eigenvalue weighted by Crippen LogP contribution is 2.38. The number of phosphoric ester groups is 1. The summed E-state index contributed by atoms with van der Waals surface area (Å²) in [4.78, 5) is 37.9. The Bertz CT molecular complexity index is 1470. The third-order valence-electron chi connectivity index (χ3n) is 14.0. The van der Waals surface area contributed by atoms with E-state index in [9.17, 15) is 19.0 Å². The van der Waals surface area contributed by atoms with Gasteiger partial charge in [0.15, 0.2) is 6.10 Å². The molecule has 76 heavy (non-hydrogen) atoms. The zero-order valence-corrected chi connectivity index (χ0v) is 51.3. The second-order valence-corrected chi connectivity index (χ2v) is 24.2. The Morgan fingerprint density at radius 3 is 1.13 bits per heavy atom. The fourth-order valence-electron chi connectivity index (χ4n) is 9.12. The summed E-state index contributed by atoms with van der Waals surface area (Å²) in [5.74, 6) is -0.826. The van der Waals surface area contributed by atoms with Crippen LogP contribution >= 0.6 is 7.82 Å². The molecule has 10 heteroatoms. The SMILES string of the molecule is CC/C=C\C/C=C\C/C=C\C/C=C\CCCCCCCCCCCCCCCCCCCCCCCCC(=O)OC(COC(=O)CCCCCCCCC/C=C\CCCCCCCC)COP(=O)([O-])OCC[N+](C)(C)C. The first-order chi connectivity index (χ1) is 37.0. The summed E-state index contributed by atoms with van der Waals surface area (Å²) in [6.07, 6.45) is 74.4. The average Bonchev–Trinajstić information content (AvgIpc) is 3.38. The van der Waals surface area contributed by atoms with Crippen LogP contribution in [-0.2, 0) is 32.7 Å². The first-order valence-electron chi connectivity index (χ1n) is 32.0. The summed E-state index contributed by atoms with van der Waals surface area (Å²) in [6, 6.07) is 0. The number of likely N-dealkylation sites (N-methyl/N-ethyl adjacent to an activating group) is 1. The number of unbranched alkanes of at least 4 members (excludes halogenated alkanes) is 35. The van der Waals surface area contributed by atoms with Crippen molar-refractivity contribution in [3.8, 4) is 0 Å². The molecule has 444 valence electrons. The number of phosphoric acid groups is 1. The lowest BCUT2D eigenvalue weighted by Crippen LogP contribution is -2.37. The van der Waals surface area contributed by atoms with E-state index in [-0.39, 0.29) is 32.0 Å². The molecule has 0 aromatic carbocycles. The molecule has 0 N–H and O–H groups in total. The van der Waals surface area contributed by atoms with Gasteiger partial charge < -0.3 is 27.9 Å². The van der Waals surface area contributed by atoms with Gasteiger partial charge in [0.25, 0.3) is 7.82 Å². The van der Waals surface area contributed by atoms with E-state index in [0.717, 1.165) is 70.6 Å². The molecule has 0 aliphatic carbocycles. The number of rotatable bonds is 59. The van der Waals surface area contributed by atoms with Crippen molar-refractivity contribution < 1.29 is 42.1 Å². The van der Waals surface area contributed by atoms with Crippen molar-refractivity contribution in [1.82, 2.24) is 0 Å². The fourth-order valence-corrected chi connectivity index (χ4v) is 9.84. The van der Waals surface area contributed by atoms with Gasteiger partial charge in [-0.2, -0.15) is 0 Å². The number of esters is 2. The van der Waals surface area contributed by atoms with Crippen molar-refractivity contribution in [1.29, 1.82) is 0 Å². The Balaban J connectivity index is 3.98. The summed E-state index contributed by atoms with van der Waals surface area (Å²) in [5, 5.41) is 0.